The Morgan fingerprint density at radius 3 is 3.06 bits per heavy atom. The average molecular weight is 342 g/mol. The summed E-state index contributed by atoms with van der Waals surface area (Å²) in [4.78, 5) is 2.65. The molecule has 0 bridgehead atoms. The van der Waals surface area contributed by atoms with Gasteiger partial charge in [0.25, 0.3) is 0 Å². The normalized spacial score (nSPS) is 28.6. The highest BCUT2D eigenvalue weighted by atomic mass is 127. The van der Waals surface area contributed by atoms with Gasteiger partial charge >= 0.3 is 0 Å². The number of fused-ring (bicyclic) bond motifs is 3. The highest BCUT2D eigenvalue weighted by Crippen LogP contribution is 2.38. The fourth-order valence-corrected chi connectivity index (χ4v) is 3.83. The molecule has 0 radical (unpaired) electrons. The fraction of sp³-hybridized carbons (Fsp3) is 0.571. The predicted molar refractivity (Wildman–Crippen MR) is 79.0 cm³/mol. The second-order valence-corrected chi connectivity index (χ2v) is 6.52. The van der Waals surface area contributed by atoms with Gasteiger partial charge < -0.3 is 5.73 Å². The molecule has 92 valence electrons. The zero-order valence-corrected chi connectivity index (χ0v) is 12.2. The largest absolute Gasteiger partial charge is 0.330 e. The van der Waals surface area contributed by atoms with Crippen molar-refractivity contribution in [3.8, 4) is 0 Å². The van der Waals surface area contributed by atoms with Gasteiger partial charge in [-0.2, -0.15) is 0 Å². The topological polar surface area (TPSA) is 29.3 Å². The smallest absolute Gasteiger partial charge is 0.0354 e. The second-order valence-electron chi connectivity index (χ2n) is 5.27. The van der Waals surface area contributed by atoms with E-state index >= 15 is 0 Å². The van der Waals surface area contributed by atoms with Crippen molar-refractivity contribution in [2.24, 2.45) is 11.7 Å². The number of nitrogens with zero attached hydrogens (tertiary/aromatic N) is 1. The van der Waals surface area contributed by atoms with Gasteiger partial charge in [0.05, 0.1) is 0 Å². The monoisotopic (exact) mass is 342 g/mol. The first kappa shape index (κ1) is 11.9. The van der Waals surface area contributed by atoms with Crippen LogP contribution in [-0.2, 0) is 6.42 Å². The Hall–Kier alpha value is -0.130. The summed E-state index contributed by atoms with van der Waals surface area (Å²) in [5.74, 6) is 0.724. The molecule has 1 aromatic rings. The Kier molecular flexibility index (Phi) is 3.41. The molecule has 2 atom stereocenters. The Bertz CT molecular complexity index is 419. The molecule has 2 N–H and O–H groups in total. The van der Waals surface area contributed by atoms with Gasteiger partial charge in [0.15, 0.2) is 0 Å². The maximum Gasteiger partial charge on any atom is 0.0354 e. The van der Waals surface area contributed by atoms with Crippen molar-refractivity contribution < 1.29 is 0 Å². The van der Waals surface area contributed by atoms with Gasteiger partial charge in [-0.15, -0.1) is 0 Å². The van der Waals surface area contributed by atoms with E-state index in [-0.39, 0.29) is 0 Å². The van der Waals surface area contributed by atoms with Crippen LogP contribution in [-0.4, -0.2) is 24.5 Å². The van der Waals surface area contributed by atoms with Crippen molar-refractivity contribution in [3.63, 3.8) is 0 Å². The molecule has 2 heterocycles. The molecule has 3 rings (SSSR count). The van der Waals surface area contributed by atoms with E-state index in [1.54, 1.807) is 11.1 Å². The minimum atomic E-state index is 0.637. The lowest BCUT2D eigenvalue weighted by molar-refractivity contribution is 0.106. The first-order chi connectivity index (χ1) is 8.28. The molecule has 1 aromatic carbocycles. The first-order valence-electron chi connectivity index (χ1n) is 6.50. The minimum absolute atomic E-state index is 0.637. The number of hydrogen-bond acceptors (Lipinski definition) is 2. The summed E-state index contributed by atoms with van der Waals surface area (Å²) >= 11 is 2.41. The van der Waals surface area contributed by atoms with Crippen LogP contribution in [0, 0.1) is 9.49 Å². The summed E-state index contributed by atoms with van der Waals surface area (Å²) in [6.45, 7) is 3.32. The van der Waals surface area contributed by atoms with Crippen LogP contribution < -0.4 is 5.73 Å². The Balaban J connectivity index is 1.92. The van der Waals surface area contributed by atoms with E-state index in [1.807, 2.05) is 0 Å². The standard InChI is InChI=1S/C14H19IN2/c15-12-1-2-13-11(8-12)4-6-17-5-3-10(9-16)7-14(13)17/h1-2,8,10,14H,3-7,9,16H2. The third-order valence-corrected chi connectivity index (χ3v) is 4.96. The van der Waals surface area contributed by atoms with E-state index in [4.69, 9.17) is 5.73 Å². The van der Waals surface area contributed by atoms with Crippen molar-refractivity contribution in [3.05, 3.63) is 32.9 Å². The number of nitrogens with two attached hydrogens (primary N) is 1. The number of piperidine rings is 1. The molecule has 1 saturated heterocycles. The number of benzene rings is 1. The molecule has 0 aromatic heterocycles. The van der Waals surface area contributed by atoms with E-state index in [9.17, 15) is 0 Å². The fourth-order valence-electron chi connectivity index (χ4n) is 3.27. The lowest BCUT2D eigenvalue weighted by atomic mass is 9.82. The van der Waals surface area contributed by atoms with Gasteiger partial charge in [0.1, 0.15) is 0 Å². The van der Waals surface area contributed by atoms with Gasteiger partial charge in [-0.1, -0.05) is 6.07 Å². The van der Waals surface area contributed by atoms with Crippen LogP contribution in [0.4, 0.5) is 0 Å². The third kappa shape index (κ3) is 2.25. The van der Waals surface area contributed by atoms with Crippen molar-refractivity contribution in [2.75, 3.05) is 19.6 Å². The predicted octanol–water partition coefficient (Wildman–Crippen LogP) is 2.56. The van der Waals surface area contributed by atoms with Gasteiger partial charge in [0.2, 0.25) is 0 Å². The molecule has 2 aliphatic heterocycles. The summed E-state index contributed by atoms with van der Waals surface area (Å²) in [6, 6.07) is 7.58. The molecular formula is C14H19IN2. The van der Waals surface area contributed by atoms with E-state index in [0.29, 0.717) is 6.04 Å². The molecule has 0 amide bonds. The van der Waals surface area contributed by atoms with Gasteiger partial charge in [0, 0.05) is 16.2 Å². The quantitative estimate of drug-likeness (QED) is 0.795. The zero-order chi connectivity index (χ0) is 11.8. The molecule has 2 nitrogen and oxygen atoms in total. The molecule has 2 aliphatic rings. The molecule has 0 aliphatic carbocycles. The molecule has 1 fully saturated rings. The summed E-state index contributed by atoms with van der Waals surface area (Å²) in [6.07, 6.45) is 3.76. The Morgan fingerprint density at radius 1 is 1.35 bits per heavy atom. The number of halogens is 1. The molecular weight excluding hydrogens is 323 g/mol. The second kappa shape index (κ2) is 4.86. The van der Waals surface area contributed by atoms with E-state index < -0.39 is 0 Å². The van der Waals surface area contributed by atoms with Gasteiger partial charge in [-0.05, 0) is 84.1 Å². The van der Waals surface area contributed by atoms with Crippen LogP contribution in [0.5, 0.6) is 0 Å². The van der Waals surface area contributed by atoms with E-state index in [1.165, 1.54) is 35.9 Å². The van der Waals surface area contributed by atoms with Gasteiger partial charge in [-0.25, -0.2) is 0 Å². The molecule has 0 spiro atoms. The van der Waals surface area contributed by atoms with Crippen LogP contribution in [0.2, 0.25) is 0 Å². The maximum atomic E-state index is 5.85. The Morgan fingerprint density at radius 2 is 2.24 bits per heavy atom. The SMILES string of the molecule is NCC1CCN2CCc3cc(I)ccc3C2C1. The highest BCUT2D eigenvalue weighted by molar-refractivity contribution is 14.1. The maximum absolute atomic E-state index is 5.85. The van der Waals surface area contributed by atoms with Crippen molar-refractivity contribution >= 4 is 22.6 Å². The van der Waals surface area contributed by atoms with Crippen LogP contribution in [0.15, 0.2) is 18.2 Å². The van der Waals surface area contributed by atoms with E-state index in [2.05, 4.69) is 45.7 Å². The van der Waals surface area contributed by atoms with Crippen LogP contribution >= 0.6 is 22.6 Å². The van der Waals surface area contributed by atoms with Crippen LogP contribution in [0.1, 0.15) is 30.0 Å². The summed E-state index contributed by atoms with van der Waals surface area (Å²) in [7, 11) is 0. The van der Waals surface area contributed by atoms with Crippen LogP contribution in [0.3, 0.4) is 0 Å². The molecule has 2 unspecified atom stereocenters. The summed E-state index contributed by atoms with van der Waals surface area (Å²) in [5.41, 5.74) is 8.98. The van der Waals surface area contributed by atoms with Crippen molar-refractivity contribution in [1.82, 2.24) is 4.90 Å². The molecule has 0 saturated carbocycles. The number of rotatable bonds is 1. The first-order valence-corrected chi connectivity index (χ1v) is 7.58. The lowest BCUT2D eigenvalue weighted by Gasteiger charge is -2.43. The van der Waals surface area contributed by atoms with Crippen molar-refractivity contribution in [1.29, 1.82) is 0 Å². The summed E-state index contributed by atoms with van der Waals surface area (Å²) < 4.78 is 1.36. The third-order valence-electron chi connectivity index (χ3n) is 4.29. The Labute approximate surface area is 117 Å². The lowest BCUT2D eigenvalue weighted by Crippen LogP contribution is -2.42. The van der Waals surface area contributed by atoms with Gasteiger partial charge in [-0.3, -0.25) is 4.90 Å². The average Bonchev–Trinajstić information content (AvgIpc) is 2.37. The minimum Gasteiger partial charge on any atom is -0.330 e. The summed E-state index contributed by atoms with van der Waals surface area (Å²) in [5, 5.41) is 0. The molecule has 3 heteroatoms. The van der Waals surface area contributed by atoms with Crippen molar-refractivity contribution in [2.45, 2.75) is 25.3 Å². The molecule has 17 heavy (non-hydrogen) atoms. The van der Waals surface area contributed by atoms with Crippen LogP contribution in [0.25, 0.3) is 0 Å². The zero-order valence-electron chi connectivity index (χ0n) is 10.0. The highest BCUT2D eigenvalue weighted by Gasteiger charge is 2.32. The van der Waals surface area contributed by atoms with E-state index in [0.717, 1.165) is 12.5 Å². The number of hydrogen-bond donors (Lipinski definition) is 1.